The number of ether oxygens (including phenoxy) is 1. The fraction of sp³-hybridized carbons (Fsp3) is 0. The summed E-state index contributed by atoms with van der Waals surface area (Å²) in [6, 6.07) is 16.5. The summed E-state index contributed by atoms with van der Waals surface area (Å²) in [5, 5.41) is 11.9. The summed E-state index contributed by atoms with van der Waals surface area (Å²) in [6.07, 6.45) is 1.32. The van der Waals surface area contributed by atoms with Gasteiger partial charge in [-0.1, -0.05) is 35.9 Å². The molecule has 0 aliphatic heterocycles. The molecule has 4 rings (SSSR count). The Morgan fingerprint density at radius 2 is 1.77 bits per heavy atom. The van der Waals surface area contributed by atoms with Crippen LogP contribution in [0, 0.1) is 10.1 Å². The molecule has 0 amide bonds. The lowest BCUT2D eigenvalue weighted by molar-refractivity contribution is -0.385. The maximum Gasteiger partial charge on any atom is 0.350 e. The lowest BCUT2D eigenvalue weighted by Crippen LogP contribution is -2.11. The van der Waals surface area contributed by atoms with E-state index >= 15 is 0 Å². The molecular formula is C22H12ClNO6. The molecule has 0 aliphatic carbocycles. The number of hydrogen-bond donors (Lipinski definition) is 0. The SMILES string of the molecule is O=C(Oc1ccc2c(=O)c(-c3ccc(Cl)cc3)coc2c1)c1ccccc1[N+](=O)[O-]. The predicted molar refractivity (Wildman–Crippen MR) is 111 cm³/mol. The van der Waals surface area contributed by atoms with E-state index in [1.807, 2.05) is 0 Å². The number of carbonyl (C=O) groups excluding carboxylic acids is 1. The van der Waals surface area contributed by atoms with Crippen LogP contribution in [0.3, 0.4) is 0 Å². The number of para-hydroxylation sites is 1. The average molecular weight is 422 g/mol. The molecule has 148 valence electrons. The van der Waals surface area contributed by atoms with Crippen molar-refractivity contribution < 1.29 is 18.9 Å². The quantitative estimate of drug-likeness (QED) is 0.193. The Morgan fingerprint density at radius 3 is 2.50 bits per heavy atom. The molecule has 4 aromatic rings. The first-order chi connectivity index (χ1) is 14.4. The summed E-state index contributed by atoms with van der Waals surface area (Å²) < 4.78 is 10.8. The molecule has 0 saturated heterocycles. The minimum atomic E-state index is -0.887. The third-order valence-corrected chi connectivity index (χ3v) is 4.68. The molecule has 8 heteroatoms. The summed E-state index contributed by atoms with van der Waals surface area (Å²) in [4.78, 5) is 35.6. The number of fused-ring (bicyclic) bond motifs is 1. The van der Waals surface area contributed by atoms with Crippen LogP contribution in [0.1, 0.15) is 10.4 Å². The van der Waals surface area contributed by atoms with Crippen molar-refractivity contribution in [2.24, 2.45) is 0 Å². The van der Waals surface area contributed by atoms with Gasteiger partial charge in [0.15, 0.2) is 5.43 Å². The number of hydrogen-bond acceptors (Lipinski definition) is 6. The van der Waals surface area contributed by atoms with Crippen molar-refractivity contribution in [3.05, 3.63) is 104 Å². The van der Waals surface area contributed by atoms with Crippen molar-refractivity contribution in [2.75, 3.05) is 0 Å². The Labute approximate surface area is 174 Å². The lowest BCUT2D eigenvalue weighted by Gasteiger charge is -2.07. The Bertz CT molecular complexity index is 1340. The van der Waals surface area contributed by atoms with Gasteiger partial charge < -0.3 is 9.15 Å². The summed E-state index contributed by atoms with van der Waals surface area (Å²) in [5.41, 5.74) is 0.441. The molecule has 0 saturated carbocycles. The first-order valence-corrected chi connectivity index (χ1v) is 9.09. The summed E-state index contributed by atoms with van der Waals surface area (Å²) in [6.45, 7) is 0. The van der Waals surface area contributed by atoms with Crippen LogP contribution in [0.25, 0.3) is 22.1 Å². The maximum atomic E-state index is 12.8. The number of nitrogens with zero attached hydrogens (tertiary/aromatic N) is 1. The second-order valence-electron chi connectivity index (χ2n) is 6.31. The van der Waals surface area contributed by atoms with Gasteiger partial charge in [0.05, 0.1) is 15.9 Å². The monoisotopic (exact) mass is 421 g/mol. The van der Waals surface area contributed by atoms with E-state index in [0.29, 0.717) is 21.5 Å². The minimum Gasteiger partial charge on any atom is -0.463 e. The van der Waals surface area contributed by atoms with Crippen LogP contribution in [0.15, 0.2) is 82.2 Å². The van der Waals surface area contributed by atoms with E-state index in [2.05, 4.69) is 0 Å². The van der Waals surface area contributed by atoms with Gasteiger partial charge in [-0.15, -0.1) is 0 Å². The molecule has 0 N–H and O–H groups in total. The zero-order valence-corrected chi connectivity index (χ0v) is 16.0. The molecule has 7 nitrogen and oxygen atoms in total. The van der Waals surface area contributed by atoms with Gasteiger partial charge in [0, 0.05) is 17.2 Å². The van der Waals surface area contributed by atoms with Gasteiger partial charge in [-0.2, -0.15) is 0 Å². The third kappa shape index (κ3) is 3.66. The highest BCUT2D eigenvalue weighted by atomic mass is 35.5. The first kappa shape index (κ1) is 19.4. The summed E-state index contributed by atoms with van der Waals surface area (Å²) in [7, 11) is 0. The normalized spacial score (nSPS) is 10.7. The maximum absolute atomic E-state index is 12.8. The van der Waals surface area contributed by atoms with Gasteiger partial charge in [0.2, 0.25) is 0 Å². The summed E-state index contributed by atoms with van der Waals surface area (Å²) in [5.74, 6) is -0.796. The highest BCUT2D eigenvalue weighted by Gasteiger charge is 2.21. The van der Waals surface area contributed by atoms with Crippen molar-refractivity contribution in [2.45, 2.75) is 0 Å². The van der Waals surface area contributed by atoms with Crippen molar-refractivity contribution in [1.29, 1.82) is 0 Å². The largest absolute Gasteiger partial charge is 0.463 e. The molecular weight excluding hydrogens is 410 g/mol. The number of esters is 1. The molecule has 3 aromatic carbocycles. The molecule has 0 atom stereocenters. The number of carbonyl (C=O) groups is 1. The van der Waals surface area contributed by atoms with Crippen molar-refractivity contribution in [1.82, 2.24) is 0 Å². The number of nitro benzene ring substituents is 1. The van der Waals surface area contributed by atoms with E-state index in [1.54, 1.807) is 24.3 Å². The Kier molecular flexibility index (Phi) is 5.04. The van der Waals surface area contributed by atoms with Gasteiger partial charge >= 0.3 is 5.97 Å². The third-order valence-electron chi connectivity index (χ3n) is 4.43. The standard InChI is InChI=1S/C22H12ClNO6/c23-14-7-5-13(6-8-14)18-12-29-20-11-15(9-10-17(20)21(18)25)30-22(26)16-3-1-2-4-19(16)24(27)28/h1-12H. The smallest absolute Gasteiger partial charge is 0.350 e. The second-order valence-corrected chi connectivity index (χ2v) is 6.74. The number of nitro groups is 1. The van der Waals surface area contributed by atoms with Crippen molar-refractivity contribution >= 4 is 34.2 Å². The van der Waals surface area contributed by atoms with Crippen LogP contribution in [0.2, 0.25) is 5.02 Å². The Morgan fingerprint density at radius 1 is 1.03 bits per heavy atom. The van der Waals surface area contributed by atoms with E-state index < -0.39 is 10.9 Å². The molecule has 0 bridgehead atoms. The fourth-order valence-electron chi connectivity index (χ4n) is 2.97. The Balaban J connectivity index is 1.67. The van der Waals surface area contributed by atoms with E-state index in [1.165, 1.54) is 48.7 Å². The molecule has 0 unspecified atom stereocenters. The van der Waals surface area contributed by atoms with Crippen LogP contribution in [0.4, 0.5) is 5.69 Å². The topological polar surface area (TPSA) is 99.7 Å². The predicted octanol–water partition coefficient (Wildman–Crippen LogP) is 5.24. The highest BCUT2D eigenvalue weighted by Crippen LogP contribution is 2.25. The van der Waals surface area contributed by atoms with E-state index in [9.17, 15) is 19.7 Å². The van der Waals surface area contributed by atoms with Crippen molar-refractivity contribution in [3.8, 4) is 16.9 Å². The lowest BCUT2D eigenvalue weighted by atomic mass is 10.1. The number of rotatable bonds is 4. The zero-order valence-electron chi connectivity index (χ0n) is 15.2. The Hall–Kier alpha value is -3.97. The van der Waals surface area contributed by atoms with E-state index in [-0.39, 0.29) is 28.0 Å². The van der Waals surface area contributed by atoms with Crippen molar-refractivity contribution in [3.63, 3.8) is 0 Å². The highest BCUT2D eigenvalue weighted by molar-refractivity contribution is 6.30. The van der Waals surface area contributed by atoms with Gasteiger partial charge in [-0.05, 0) is 35.9 Å². The van der Waals surface area contributed by atoms with Gasteiger partial charge in [0.1, 0.15) is 23.2 Å². The molecule has 0 radical (unpaired) electrons. The van der Waals surface area contributed by atoms with Crippen LogP contribution in [-0.4, -0.2) is 10.9 Å². The van der Waals surface area contributed by atoms with Crippen LogP contribution in [-0.2, 0) is 0 Å². The van der Waals surface area contributed by atoms with Gasteiger partial charge in [-0.3, -0.25) is 14.9 Å². The molecule has 0 fully saturated rings. The van der Waals surface area contributed by atoms with Crippen LogP contribution < -0.4 is 10.2 Å². The zero-order chi connectivity index (χ0) is 21.3. The minimum absolute atomic E-state index is 0.0908. The molecule has 0 aliphatic rings. The van der Waals surface area contributed by atoms with Crippen LogP contribution >= 0.6 is 11.6 Å². The average Bonchev–Trinajstić information content (AvgIpc) is 2.75. The first-order valence-electron chi connectivity index (χ1n) is 8.71. The summed E-state index contributed by atoms with van der Waals surface area (Å²) >= 11 is 5.88. The van der Waals surface area contributed by atoms with E-state index in [0.717, 1.165) is 0 Å². The van der Waals surface area contributed by atoms with Gasteiger partial charge in [-0.25, -0.2) is 4.79 Å². The number of benzene rings is 3. The molecule has 1 heterocycles. The van der Waals surface area contributed by atoms with Crippen LogP contribution in [0.5, 0.6) is 5.75 Å². The molecule has 1 aromatic heterocycles. The molecule has 0 spiro atoms. The van der Waals surface area contributed by atoms with E-state index in [4.69, 9.17) is 20.8 Å². The van der Waals surface area contributed by atoms with Gasteiger partial charge in [0.25, 0.3) is 5.69 Å². The number of halogens is 1. The fourth-order valence-corrected chi connectivity index (χ4v) is 3.09. The second kappa shape index (κ2) is 7.81. The molecule has 30 heavy (non-hydrogen) atoms.